The van der Waals surface area contributed by atoms with E-state index in [0.717, 1.165) is 64.3 Å². The van der Waals surface area contributed by atoms with E-state index in [0.29, 0.717) is 17.3 Å². The number of rotatable bonds is 65. The van der Waals surface area contributed by atoms with Gasteiger partial charge in [0, 0.05) is 6.42 Å². The quantitative estimate of drug-likeness (QED) is 0.0375. The Hall–Kier alpha value is -2.69. The molecule has 4 nitrogen and oxygen atoms in total. The summed E-state index contributed by atoms with van der Waals surface area (Å²) in [4.78, 5) is 14.7. The predicted octanol–water partition coefficient (Wildman–Crippen LogP) is 28.7. The van der Waals surface area contributed by atoms with Gasteiger partial charge in [-0.2, -0.15) is 0 Å². The van der Waals surface area contributed by atoms with E-state index in [2.05, 4.69) is 144 Å². The first-order chi connectivity index (χ1) is 45.2. The highest BCUT2D eigenvalue weighted by molar-refractivity contribution is 5.69. The van der Waals surface area contributed by atoms with Crippen molar-refractivity contribution in [2.24, 2.45) is 10.8 Å². The molecule has 2 atom stereocenters. The SMILES string of the molecule is CCCCC/C=C\C/C=C\CCCCCCCCC1(CCCCCCCC/C=C\C/C=C\CCCCC)CCC(O)C1.CCCCC/C=C\C/C=C\CCCCCCCCC1(CCCCCCCC/C=C\C/C=C\CCCCC)CCC(OC(=O)CCCN(C)C)C1. The topological polar surface area (TPSA) is 49.8 Å². The molecule has 0 amide bonds. The van der Waals surface area contributed by atoms with Crippen molar-refractivity contribution in [2.75, 3.05) is 20.6 Å². The Morgan fingerprint density at radius 3 is 0.880 bits per heavy atom. The average molecular weight is 1280 g/mol. The van der Waals surface area contributed by atoms with Crippen LogP contribution in [-0.2, 0) is 9.53 Å². The van der Waals surface area contributed by atoms with Crippen LogP contribution in [0.25, 0.3) is 0 Å². The largest absolute Gasteiger partial charge is 0.462 e. The van der Waals surface area contributed by atoms with Crippen LogP contribution in [0.5, 0.6) is 0 Å². The van der Waals surface area contributed by atoms with Crippen molar-refractivity contribution in [3.05, 3.63) is 97.2 Å². The molecule has 1 N–H and O–H groups in total. The molecule has 2 aliphatic rings. The van der Waals surface area contributed by atoms with Gasteiger partial charge in [0.25, 0.3) is 0 Å². The Morgan fingerprint density at radius 2 is 0.609 bits per heavy atom. The third-order valence-electron chi connectivity index (χ3n) is 20.2. The maximum atomic E-state index is 12.6. The number of nitrogens with zero attached hydrogens (tertiary/aromatic N) is 1. The van der Waals surface area contributed by atoms with E-state index in [1.54, 1.807) is 0 Å². The summed E-state index contributed by atoms with van der Waals surface area (Å²) in [5.41, 5.74) is 0.864. The van der Waals surface area contributed by atoms with E-state index in [9.17, 15) is 9.90 Å². The molecule has 2 aliphatic carbocycles. The van der Waals surface area contributed by atoms with Gasteiger partial charge in [-0.05, 0) is 231 Å². The molecule has 4 heteroatoms. The molecule has 0 aromatic rings. The number of hydrogen-bond acceptors (Lipinski definition) is 4. The second-order valence-corrected chi connectivity index (χ2v) is 29.5. The van der Waals surface area contributed by atoms with Crippen molar-refractivity contribution in [2.45, 2.75) is 425 Å². The van der Waals surface area contributed by atoms with E-state index in [1.165, 1.54) is 321 Å². The van der Waals surface area contributed by atoms with Crippen LogP contribution in [0.2, 0.25) is 0 Å². The lowest BCUT2D eigenvalue weighted by molar-refractivity contribution is -0.149. The van der Waals surface area contributed by atoms with E-state index in [1.807, 2.05) is 0 Å². The molecule has 0 radical (unpaired) electrons. The third kappa shape index (κ3) is 58.6. The first-order valence-corrected chi connectivity index (χ1v) is 41.0. The maximum absolute atomic E-state index is 12.6. The number of aliphatic hydroxyl groups excluding tert-OH is 1. The Balaban J connectivity index is 0.000000934. The average Bonchev–Trinajstić information content (AvgIpc) is 3.05. The minimum atomic E-state index is -0.0285. The van der Waals surface area contributed by atoms with Crippen LogP contribution in [0.1, 0.15) is 413 Å². The fourth-order valence-electron chi connectivity index (χ4n) is 14.3. The van der Waals surface area contributed by atoms with Gasteiger partial charge >= 0.3 is 5.97 Å². The summed E-state index contributed by atoms with van der Waals surface area (Å²) in [6.07, 6.45) is 115. The molecule has 0 aromatic heterocycles. The number of ether oxygens (including phenoxy) is 1. The molecule has 0 saturated heterocycles. The number of carbonyl (C=O) groups excluding carboxylic acids is 1. The van der Waals surface area contributed by atoms with E-state index in [4.69, 9.17) is 4.74 Å². The zero-order chi connectivity index (χ0) is 66.5. The van der Waals surface area contributed by atoms with Crippen LogP contribution >= 0.6 is 0 Å². The fraction of sp³-hybridized carbons (Fsp3) is 0.807. The summed E-state index contributed by atoms with van der Waals surface area (Å²) >= 11 is 0. The van der Waals surface area contributed by atoms with Gasteiger partial charge in [0.15, 0.2) is 0 Å². The molecule has 534 valence electrons. The van der Waals surface area contributed by atoms with Crippen LogP contribution in [-0.4, -0.2) is 48.8 Å². The summed E-state index contributed by atoms with van der Waals surface area (Å²) < 4.78 is 6.04. The van der Waals surface area contributed by atoms with Crippen LogP contribution in [0.4, 0.5) is 0 Å². The van der Waals surface area contributed by atoms with Crippen molar-refractivity contribution in [1.29, 1.82) is 0 Å². The number of unbranched alkanes of at least 4 members (excludes halogenated alkanes) is 36. The van der Waals surface area contributed by atoms with Crippen LogP contribution in [0.3, 0.4) is 0 Å². The van der Waals surface area contributed by atoms with Crippen molar-refractivity contribution < 1.29 is 14.6 Å². The highest BCUT2D eigenvalue weighted by Gasteiger charge is 2.40. The van der Waals surface area contributed by atoms with Crippen molar-refractivity contribution >= 4 is 5.97 Å². The van der Waals surface area contributed by atoms with Crippen LogP contribution < -0.4 is 0 Å². The molecular formula is C88H159NO3. The molecule has 92 heavy (non-hydrogen) atoms. The second-order valence-electron chi connectivity index (χ2n) is 29.5. The van der Waals surface area contributed by atoms with Gasteiger partial charge in [0.2, 0.25) is 0 Å². The summed E-state index contributed by atoms with van der Waals surface area (Å²) in [6.45, 7) is 10.0. The Kier molecular flexibility index (Phi) is 64.8. The normalized spacial score (nSPS) is 16.8. The van der Waals surface area contributed by atoms with Crippen molar-refractivity contribution in [1.82, 2.24) is 4.90 Å². The summed E-state index contributed by atoms with van der Waals surface area (Å²) in [7, 11) is 4.14. The number of esters is 1. The summed E-state index contributed by atoms with van der Waals surface area (Å²) in [5.74, 6) is 0.0232. The molecule has 0 bridgehead atoms. The number of hydrogen-bond donors (Lipinski definition) is 1. The zero-order valence-electron chi connectivity index (χ0n) is 62.7. The molecular weight excluding hydrogens is 1120 g/mol. The smallest absolute Gasteiger partial charge is 0.306 e. The molecule has 2 fully saturated rings. The molecule has 0 spiro atoms. The van der Waals surface area contributed by atoms with Gasteiger partial charge in [-0.3, -0.25) is 4.79 Å². The minimum Gasteiger partial charge on any atom is -0.462 e. The second kappa shape index (κ2) is 68.3. The van der Waals surface area contributed by atoms with Gasteiger partial charge in [0.1, 0.15) is 6.10 Å². The maximum Gasteiger partial charge on any atom is 0.306 e. The molecule has 2 unspecified atom stereocenters. The Morgan fingerprint density at radius 1 is 0.348 bits per heavy atom. The molecule has 2 saturated carbocycles. The van der Waals surface area contributed by atoms with Gasteiger partial charge < -0.3 is 14.7 Å². The van der Waals surface area contributed by atoms with E-state index < -0.39 is 0 Å². The predicted molar refractivity (Wildman–Crippen MR) is 412 cm³/mol. The third-order valence-corrected chi connectivity index (χ3v) is 20.2. The van der Waals surface area contributed by atoms with Crippen LogP contribution in [0, 0.1) is 10.8 Å². The van der Waals surface area contributed by atoms with E-state index >= 15 is 0 Å². The van der Waals surface area contributed by atoms with Crippen molar-refractivity contribution in [3.8, 4) is 0 Å². The van der Waals surface area contributed by atoms with Gasteiger partial charge in [0.05, 0.1) is 6.10 Å². The molecule has 0 aliphatic heterocycles. The highest BCUT2D eigenvalue weighted by Crippen LogP contribution is 2.48. The Bertz CT molecular complexity index is 1700. The van der Waals surface area contributed by atoms with Gasteiger partial charge in [-0.15, -0.1) is 0 Å². The van der Waals surface area contributed by atoms with Crippen LogP contribution in [0.15, 0.2) is 97.2 Å². The zero-order valence-corrected chi connectivity index (χ0v) is 62.7. The van der Waals surface area contributed by atoms with Crippen molar-refractivity contribution in [3.63, 3.8) is 0 Å². The number of allylic oxidation sites excluding steroid dienone is 16. The lowest BCUT2D eigenvalue weighted by atomic mass is 9.76. The summed E-state index contributed by atoms with van der Waals surface area (Å²) in [5, 5.41) is 10.3. The molecule has 0 heterocycles. The number of aliphatic hydroxyl groups is 1. The number of carbonyl (C=O) groups is 1. The fourth-order valence-corrected chi connectivity index (χ4v) is 14.3. The molecule has 0 aromatic carbocycles. The first kappa shape index (κ1) is 87.3. The summed E-state index contributed by atoms with van der Waals surface area (Å²) in [6, 6.07) is 0. The monoisotopic (exact) mass is 1280 g/mol. The molecule has 2 rings (SSSR count). The minimum absolute atomic E-state index is 0.0232. The standard InChI is InChI=1S/C47H85NO2.C41H74O/c1-5-7-9-11-13-15-17-19-21-23-25-27-29-31-33-35-40-47(42-39-45(44-47)50-46(49)38-37-43-48(3)4)41-36-34-32-30-28-26-24-22-20-18-16-14-12-10-8-6-2;1-3-5-7-9-11-13-15-17-19-21-23-25-27-29-31-33-36-41(38-35-40(42)39-41)37-34-32-30-28-26-24-22-20-18-16-14-12-10-8-6-4-2/h13-16,19-22,45H,5-12,17-18,23-44H2,1-4H3;11-14,17-20,40,42H,3-10,15-16,21-39H2,1-2H3/b15-13-,16-14-,21-19-,22-20-;13-11-,14-12-,19-17-,20-18-. The van der Waals surface area contributed by atoms with Gasteiger partial charge in [-0.25, -0.2) is 0 Å². The lowest BCUT2D eigenvalue weighted by Gasteiger charge is -2.30. The lowest BCUT2D eigenvalue weighted by Crippen LogP contribution is -2.22. The first-order valence-electron chi connectivity index (χ1n) is 41.0. The van der Waals surface area contributed by atoms with Gasteiger partial charge in [-0.1, -0.05) is 305 Å². The van der Waals surface area contributed by atoms with E-state index in [-0.39, 0.29) is 18.2 Å². The Labute approximate surface area is 576 Å². The highest BCUT2D eigenvalue weighted by atomic mass is 16.5.